The predicted octanol–water partition coefficient (Wildman–Crippen LogP) is 2.62. The molecule has 0 saturated heterocycles. The molecule has 66 valence electrons. The summed E-state index contributed by atoms with van der Waals surface area (Å²) in [4.78, 5) is 0. The van der Waals surface area contributed by atoms with Crippen LogP contribution >= 0.6 is 11.6 Å². The lowest BCUT2D eigenvalue weighted by atomic mass is 9.98. The quantitative estimate of drug-likeness (QED) is 0.634. The summed E-state index contributed by atoms with van der Waals surface area (Å²) in [6.07, 6.45) is 1.91. The number of hydrogen-bond donors (Lipinski definition) is 1. The average Bonchev–Trinajstić information content (AvgIpc) is 1.97. The zero-order chi connectivity index (χ0) is 8.69. The Balaban J connectivity index is 3.24. The van der Waals surface area contributed by atoms with Gasteiger partial charge in [0.15, 0.2) is 0 Å². The molecule has 1 atom stereocenters. The van der Waals surface area contributed by atoms with Crippen LogP contribution in [0.15, 0.2) is 11.6 Å². The Morgan fingerprint density at radius 3 is 2.45 bits per heavy atom. The van der Waals surface area contributed by atoms with Gasteiger partial charge in [0.25, 0.3) is 0 Å². The fraction of sp³-hybridized carbons (Fsp3) is 0.778. The van der Waals surface area contributed by atoms with Gasteiger partial charge >= 0.3 is 0 Å². The molecule has 0 aromatic rings. The van der Waals surface area contributed by atoms with Gasteiger partial charge in [-0.1, -0.05) is 38.4 Å². The van der Waals surface area contributed by atoms with Crippen LogP contribution in [0.4, 0.5) is 0 Å². The molecule has 1 N–H and O–H groups in total. The SMILES string of the molecule is CC(C)C(C)CNC/C=C/Cl. The monoisotopic (exact) mass is 175 g/mol. The second-order valence-corrected chi connectivity index (χ2v) is 3.49. The standard InChI is InChI=1S/C9H18ClN/c1-8(2)9(3)7-11-6-4-5-10/h4-5,8-9,11H,6-7H2,1-3H3/b5-4+. The second-order valence-electron chi connectivity index (χ2n) is 3.24. The van der Waals surface area contributed by atoms with Crippen molar-refractivity contribution in [1.29, 1.82) is 0 Å². The molecule has 0 aromatic heterocycles. The van der Waals surface area contributed by atoms with E-state index in [1.54, 1.807) is 5.54 Å². The molecule has 2 heteroatoms. The van der Waals surface area contributed by atoms with Crippen molar-refractivity contribution in [3.8, 4) is 0 Å². The lowest BCUT2D eigenvalue weighted by Gasteiger charge is -2.14. The summed E-state index contributed by atoms with van der Waals surface area (Å²) >= 11 is 5.36. The Bertz CT molecular complexity index is 110. The first-order valence-electron chi connectivity index (χ1n) is 4.14. The normalized spacial score (nSPS) is 14.6. The van der Waals surface area contributed by atoms with E-state index in [1.807, 2.05) is 6.08 Å². The molecule has 0 bridgehead atoms. The van der Waals surface area contributed by atoms with E-state index in [4.69, 9.17) is 11.6 Å². The lowest BCUT2D eigenvalue weighted by Crippen LogP contribution is -2.24. The summed E-state index contributed by atoms with van der Waals surface area (Å²) in [7, 11) is 0. The van der Waals surface area contributed by atoms with Crippen LogP contribution in [0.1, 0.15) is 20.8 Å². The van der Waals surface area contributed by atoms with Gasteiger partial charge in [0.05, 0.1) is 0 Å². The fourth-order valence-corrected chi connectivity index (χ4v) is 0.764. The highest BCUT2D eigenvalue weighted by Crippen LogP contribution is 2.06. The van der Waals surface area contributed by atoms with Gasteiger partial charge in [0, 0.05) is 12.1 Å². The zero-order valence-corrected chi connectivity index (χ0v) is 8.36. The Morgan fingerprint density at radius 1 is 1.36 bits per heavy atom. The first-order valence-corrected chi connectivity index (χ1v) is 4.58. The van der Waals surface area contributed by atoms with Crippen molar-refractivity contribution in [2.75, 3.05) is 13.1 Å². The molecule has 0 radical (unpaired) electrons. The van der Waals surface area contributed by atoms with E-state index in [0.717, 1.165) is 24.9 Å². The van der Waals surface area contributed by atoms with Crippen LogP contribution in [-0.2, 0) is 0 Å². The Labute approximate surface area is 74.8 Å². The van der Waals surface area contributed by atoms with Gasteiger partial charge in [0.1, 0.15) is 0 Å². The minimum absolute atomic E-state index is 0.735. The molecule has 0 aliphatic carbocycles. The van der Waals surface area contributed by atoms with Gasteiger partial charge in [-0.15, -0.1) is 0 Å². The largest absolute Gasteiger partial charge is 0.313 e. The van der Waals surface area contributed by atoms with Crippen molar-refractivity contribution < 1.29 is 0 Å². The second kappa shape index (κ2) is 6.68. The van der Waals surface area contributed by atoms with Crippen molar-refractivity contribution >= 4 is 11.6 Å². The molecule has 1 unspecified atom stereocenters. The highest BCUT2D eigenvalue weighted by Gasteiger charge is 2.04. The van der Waals surface area contributed by atoms with Crippen LogP contribution in [-0.4, -0.2) is 13.1 Å². The van der Waals surface area contributed by atoms with Crippen molar-refractivity contribution in [3.63, 3.8) is 0 Å². The van der Waals surface area contributed by atoms with Gasteiger partial charge < -0.3 is 5.32 Å². The molecule has 0 fully saturated rings. The molecule has 0 aliphatic heterocycles. The Hall–Kier alpha value is -0.0100. The third-order valence-electron chi connectivity index (χ3n) is 1.96. The third kappa shape index (κ3) is 6.39. The summed E-state index contributed by atoms with van der Waals surface area (Å²) in [6, 6.07) is 0. The molecule has 0 spiro atoms. The van der Waals surface area contributed by atoms with Crippen molar-refractivity contribution in [3.05, 3.63) is 11.6 Å². The molecule has 1 nitrogen and oxygen atoms in total. The van der Waals surface area contributed by atoms with E-state index in [-0.39, 0.29) is 0 Å². The molecule has 0 heterocycles. The van der Waals surface area contributed by atoms with Crippen LogP contribution in [0.2, 0.25) is 0 Å². The summed E-state index contributed by atoms with van der Waals surface area (Å²) in [6.45, 7) is 8.68. The number of hydrogen-bond acceptors (Lipinski definition) is 1. The van der Waals surface area contributed by atoms with Crippen LogP contribution < -0.4 is 5.32 Å². The fourth-order valence-electron chi connectivity index (χ4n) is 0.675. The van der Waals surface area contributed by atoms with E-state index in [9.17, 15) is 0 Å². The van der Waals surface area contributed by atoms with Gasteiger partial charge in [0.2, 0.25) is 0 Å². The number of rotatable bonds is 5. The van der Waals surface area contributed by atoms with Gasteiger partial charge in [-0.3, -0.25) is 0 Å². The highest BCUT2D eigenvalue weighted by atomic mass is 35.5. The number of halogens is 1. The minimum Gasteiger partial charge on any atom is -0.313 e. The Kier molecular flexibility index (Phi) is 6.68. The zero-order valence-electron chi connectivity index (χ0n) is 7.60. The van der Waals surface area contributed by atoms with Gasteiger partial charge in [-0.2, -0.15) is 0 Å². The summed E-state index contributed by atoms with van der Waals surface area (Å²) < 4.78 is 0. The van der Waals surface area contributed by atoms with E-state index < -0.39 is 0 Å². The average molecular weight is 176 g/mol. The molecular formula is C9H18ClN. The van der Waals surface area contributed by atoms with Gasteiger partial charge in [-0.05, 0) is 18.4 Å². The predicted molar refractivity (Wildman–Crippen MR) is 51.9 cm³/mol. The molecular weight excluding hydrogens is 158 g/mol. The topological polar surface area (TPSA) is 12.0 Å². The van der Waals surface area contributed by atoms with E-state index in [1.165, 1.54) is 0 Å². The molecule has 0 aromatic carbocycles. The number of nitrogens with one attached hydrogen (secondary N) is 1. The summed E-state index contributed by atoms with van der Waals surface area (Å²) in [5.41, 5.74) is 1.55. The van der Waals surface area contributed by atoms with Crippen LogP contribution in [0, 0.1) is 11.8 Å². The van der Waals surface area contributed by atoms with Gasteiger partial charge in [-0.25, -0.2) is 0 Å². The maximum absolute atomic E-state index is 5.36. The van der Waals surface area contributed by atoms with Crippen LogP contribution in [0.5, 0.6) is 0 Å². The minimum atomic E-state index is 0.735. The molecule has 0 rings (SSSR count). The van der Waals surface area contributed by atoms with Crippen LogP contribution in [0.25, 0.3) is 0 Å². The molecule has 0 amide bonds. The van der Waals surface area contributed by atoms with Crippen molar-refractivity contribution in [2.45, 2.75) is 20.8 Å². The summed E-state index contributed by atoms with van der Waals surface area (Å²) in [5.74, 6) is 1.49. The van der Waals surface area contributed by atoms with Crippen LogP contribution in [0.3, 0.4) is 0 Å². The van der Waals surface area contributed by atoms with Crippen molar-refractivity contribution in [2.24, 2.45) is 11.8 Å². The molecule has 0 aliphatic rings. The van der Waals surface area contributed by atoms with Crippen molar-refractivity contribution in [1.82, 2.24) is 5.32 Å². The Morgan fingerprint density at radius 2 is 2.00 bits per heavy atom. The maximum Gasteiger partial charge on any atom is 0.0146 e. The summed E-state index contributed by atoms with van der Waals surface area (Å²) in [5, 5.41) is 3.30. The van der Waals surface area contributed by atoms with E-state index >= 15 is 0 Å². The van der Waals surface area contributed by atoms with E-state index in [0.29, 0.717) is 0 Å². The third-order valence-corrected chi connectivity index (χ3v) is 2.13. The lowest BCUT2D eigenvalue weighted by molar-refractivity contribution is 0.400. The van der Waals surface area contributed by atoms with E-state index in [2.05, 4.69) is 26.1 Å². The maximum atomic E-state index is 5.36. The smallest absolute Gasteiger partial charge is 0.0146 e. The highest BCUT2D eigenvalue weighted by molar-refractivity contribution is 6.25. The first-order chi connectivity index (χ1) is 5.18. The molecule has 0 saturated carbocycles. The molecule has 11 heavy (non-hydrogen) atoms. The first kappa shape index (κ1) is 11.0.